The first-order valence-corrected chi connectivity index (χ1v) is 11.5. The number of aliphatic imine (C=N–C) groups is 1. The molecule has 3 N–H and O–H groups in total. The predicted molar refractivity (Wildman–Crippen MR) is 132 cm³/mol. The molecule has 1 aliphatic carbocycles. The Morgan fingerprint density at radius 1 is 1.03 bits per heavy atom. The minimum Gasteiger partial charge on any atom is -0.355 e. The van der Waals surface area contributed by atoms with Crippen molar-refractivity contribution in [3.05, 3.63) is 59.2 Å². The number of guanidine groups is 1. The van der Waals surface area contributed by atoms with E-state index in [0.29, 0.717) is 23.6 Å². The molecule has 0 spiro atoms. The van der Waals surface area contributed by atoms with Crippen molar-refractivity contribution >= 4 is 29.1 Å². The average molecular weight is 448 g/mol. The molecule has 1 aliphatic heterocycles. The zero-order chi connectivity index (χ0) is 23.8. The lowest BCUT2D eigenvalue weighted by molar-refractivity contribution is 0.0933. The molecule has 0 unspecified atom stereocenters. The van der Waals surface area contributed by atoms with Crippen molar-refractivity contribution in [2.24, 2.45) is 4.99 Å². The van der Waals surface area contributed by atoms with Gasteiger partial charge in [-0.15, -0.1) is 0 Å². The summed E-state index contributed by atoms with van der Waals surface area (Å²) >= 11 is 0. The molecule has 2 aromatic rings. The van der Waals surface area contributed by atoms with Crippen LogP contribution in [0.15, 0.2) is 47.5 Å². The number of anilines is 2. The maximum absolute atomic E-state index is 12.9. The maximum Gasteiger partial charge on any atom is 0.257 e. The van der Waals surface area contributed by atoms with Crippen molar-refractivity contribution in [3.63, 3.8) is 0 Å². The van der Waals surface area contributed by atoms with Crippen LogP contribution >= 0.6 is 0 Å². The number of amides is 2. The van der Waals surface area contributed by atoms with Crippen LogP contribution in [0.25, 0.3) is 0 Å². The molecule has 1 fully saturated rings. The maximum atomic E-state index is 12.9. The molecule has 174 valence electrons. The van der Waals surface area contributed by atoms with E-state index in [-0.39, 0.29) is 22.8 Å². The molecule has 33 heavy (non-hydrogen) atoms. The van der Waals surface area contributed by atoms with Crippen LogP contribution < -0.4 is 16.0 Å². The van der Waals surface area contributed by atoms with Crippen LogP contribution in [0.4, 0.5) is 11.4 Å². The SMILES string of the molecule is CN1CCN=C1NC(=O)c1ccc(Nc2cccc(C(=O)NC3(C)CC3)c2)c(C(C)(C)C)c1. The molecular weight excluding hydrogens is 414 g/mol. The highest BCUT2D eigenvalue weighted by atomic mass is 16.2. The van der Waals surface area contributed by atoms with Crippen LogP contribution in [0.1, 0.15) is 66.8 Å². The Balaban J connectivity index is 1.55. The summed E-state index contributed by atoms with van der Waals surface area (Å²) in [6.07, 6.45) is 2.05. The number of nitrogens with zero attached hydrogens (tertiary/aromatic N) is 2. The molecule has 0 atom stereocenters. The van der Waals surface area contributed by atoms with Gasteiger partial charge in [-0.1, -0.05) is 26.8 Å². The third-order valence-corrected chi connectivity index (χ3v) is 6.19. The quantitative estimate of drug-likeness (QED) is 0.646. The van der Waals surface area contributed by atoms with Crippen molar-refractivity contribution in [1.29, 1.82) is 0 Å². The van der Waals surface area contributed by atoms with E-state index in [2.05, 4.69) is 48.6 Å². The van der Waals surface area contributed by atoms with Crippen molar-refractivity contribution in [2.75, 3.05) is 25.5 Å². The monoisotopic (exact) mass is 447 g/mol. The van der Waals surface area contributed by atoms with Crippen LogP contribution in [0.3, 0.4) is 0 Å². The van der Waals surface area contributed by atoms with E-state index in [1.807, 2.05) is 54.4 Å². The lowest BCUT2D eigenvalue weighted by Gasteiger charge is -2.25. The lowest BCUT2D eigenvalue weighted by atomic mass is 9.84. The standard InChI is InChI=1S/C26H33N5O2/c1-25(2,3)20-16-18(22(32)29-24-27-13-14-31(24)5)9-10-21(20)28-19-8-6-7-17(15-19)23(33)30-26(4)11-12-26/h6-10,15-16,28H,11-14H2,1-5H3,(H,30,33)(H,27,29,32). The lowest BCUT2D eigenvalue weighted by Crippen LogP contribution is -2.39. The zero-order valence-electron chi connectivity index (χ0n) is 20.1. The predicted octanol–water partition coefficient (Wildman–Crippen LogP) is 4.04. The Morgan fingerprint density at radius 3 is 2.39 bits per heavy atom. The first-order valence-electron chi connectivity index (χ1n) is 11.5. The van der Waals surface area contributed by atoms with Crippen molar-refractivity contribution in [3.8, 4) is 0 Å². The van der Waals surface area contributed by atoms with Crippen LogP contribution in [0, 0.1) is 0 Å². The summed E-state index contributed by atoms with van der Waals surface area (Å²) < 4.78 is 0. The number of hydrogen-bond donors (Lipinski definition) is 3. The minimum atomic E-state index is -0.199. The second kappa shape index (κ2) is 8.54. The molecule has 2 aliphatic rings. The van der Waals surface area contributed by atoms with E-state index in [4.69, 9.17) is 0 Å². The molecule has 0 radical (unpaired) electrons. The molecule has 7 heteroatoms. The highest BCUT2D eigenvalue weighted by Crippen LogP contribution is 2.35. The van der Waals surface area contributed by atoms with Gasteiger partial charge in [0.2, 0.25) is 5.96 Å². The van der Waals surface area contributed by atoms with E-state index in [0.717, 1.165) is 36.3 Å². The summed E-state index contributed by atoms with van der Waals surface area (Å²) in [6.45, 7) is 9.91. The Hall–Kier alpha value is -3.35. The highest BCUT2D eigenvalue weighted by Gasteiger charge is 2.38. The molecule has 0 saturated heterocycles. The Bertz CT molecular complexity index is 1110. The Kier molecular flexibility index (Phi) is 5.91. The van der Waals surface area contributed by atoms with Gasteiger partial charge in [0.15, 0.2) is 0 Å². The summed E-state index contributed by atoms with van der Waals surface area (Å²) in [5.74, 6) is 0.378. The molecule has 2 aromatic carbocycles. The third kappa shape index (κ3) is 5.35. The average Bonchev–Trinajstić information content (AvgIpc) is 3.35. The van der Waals surface area contributed by atoms with Gasteiger partial charge in [-0.2, -0.15) is 0 Å². The van der Waals surface area contributed by atoms with Gasteiger partial charge in [-0.25, -0.2) is 0 Å². The molecular formula is C26H33N5O2. The number of rotatable bonds is 5. The summed E-state index contributed by atoms with van der Waals surface area (Å²) in [7, 11) is 1.92. The van der Waals surface area contributed by atoms with Gasteiger partial charge in [0.05, 0.1) is 6.54 Å². The third-order valence-electron chi connectivity index (χ3n) is 6.19. The fourth-order valence-corrected chi connectivity index (χ4v) is 3.81. The van der Waals surface area contributed by atoms with E-state index >= 15 is 0 Å². The number of carbonyl (C=O) groups is 2. The van der Waals surface area contributed by atoms with Crippen LogP contribution in [-0.4, -0.2) is 48.3 Å². The largest absolute Gasteiger partial charge is 0.355 e. The normalized spacial score (nSPS) is 16.8. The van der Waals surface area contributed by atoms with Gasteiger partial charge in [-0.3, -0.25) is 19.9 Å². The number of nitrogens with one attached hydrogen (secondary N) is 3. The van der Waals surface area contributed by atoms with Crippen molar-refractivity contribution < 1.29 is 9.59 Å². The van der Waals surface area contributed by atoms with E-state index in [9.17, 15) is 9.59 Å². The molecule has 0 bridgehead atoms. The zero-order valence-corrected chi connectivity index (χ0v) is 20.1. The van der Waals surface area contributed by atoms with Gasteiger partial charge in [0, 0.05) is 41.6 Å². The van der Waals surface area contributed by atoms with Crippen molar-refractivity contribution in [2.45, 2.75) is 51.5 Å². The van der Waals surface area contributed by atoms with E-state index < -0.39 is 0 Å². The van der Waals surface area contributed by atoms with E-state index in [1.165, 1.54) is 0 Å². The molecule has 7 nitrogen and oxygen atoms in total. The number of benzene rings is 2. The Labute approximate surface area is 195 Å². The first kappa shape index (κ1) is 22.8. The van der Waals surface area contributed by atoms with Crippen LogP contribution in [0.5, 0.6) is 0 Å². The number of hydrogen-bond acceptors (Lipinski definition) is 5. The first-order chi connectivity index (χ1) is 15.5. The van der Waals surface area contributed by atoms with Crippen LogP contribution in [-0.2, 0) is 5.41 Å². The van der Waals surface area contributed by atoms with Crippen LogP contribution in [0.2, 0.25) is 0 Å². The molecule has 1 heterocycles. The summed E-state index contributed by atoms with van der Waals surface area (Å²) in [5, 5.41) is 9.47. The topological polar surface area (TPSA) is 85.8 Å². The molecule has 0 aromatic heterocycles. The van der Waals surface area contributed by atoms with Gasteiger partial charge in [0.25, 0.3) is 11.8 Å². The molecule has 2 amide bonds. The van der Waals surface area contributed by atoms with Gasteiger partial charge in [0.1, 0.15) is 0 Å². The minimum absolute atomic E-state index is 0.0542. The molecule has 4 rings (SSSR count). The summed E-state index contributed by atoms with van der Waals surface area (Å²) in [5.41, 5.74) is 3.69. The fourth-order valence-electron chi connectivity index (χ4n) is 3.81. The summed E-state index contributed by atoms with van der Waals surface area (Å²) in [4.78, 5) is 31.7. The smallest absolute Gasteiger partial charge is 0.257 e. The van der Waals surface area contributed by atoms with Crippen molar-refractivity contribution in [1.82, 2.24) is 15.5 Å². The van der Waals surface area contributed by atoms with Gasteiger partial charge < -0.3 is 15.5 Å². The number of likely N-dealkylation sites (N-methyl/N-ethyl adjacent to an activating group) is 1. The van der Waals surface area contributed by atoms with Gasteiger partial charge in [-0.05, 0) is 67.1 Å². The fraction of sp³-hybridized carbons (Fsp3) is 0.423. The Morgan fingerprint density at radius 2 is 1.76 bits per heavy atom. The summed E-state index contributed by atoms with van der Waals surface area (Å²) in [6, 6.07) is 13.2. The second-order valence-corrected chi connectivity index (χ2v) is 10.3. The second-order valence-electron chi connectivity index (χ2n) is 10.3. The van der Waals surface area contributed by atoms with E-state index in [1.54, 1.807) is 0 Å². The van der Waals surface area contributed by atoms with Gasteiger partial charge >= 0.3 is 0 Å². The molecule has 1 saturated carbocycles. The highest BCUT2D eigenvalue weighted by molar-refractivity contribution is 6.06. The number of carbonyl (C=O) groups excluding carboxylic acids is 2.